The molecule has 40 heavy (non-hydrogen) atoms. The Labute approximate surface area is 236 Å². The van der Waals surface area contributed by atoms with E-state index in [4.69, 9.17) is 4.74 Å². The summed E-state index contributed by atoms with van der Waals surface area (Å²) in [6.45, 7) is 10.6. The van der Waals surface area contributed by atoms with Crippen molar-refractivity contribution in [3.05, 3.63) is 47.8 Å². The van der Waals surface area contributed by atoms with E-state index in [2.05, 4.69) is 49.7 Å². The molecule has 0 spiro atoms. The molecule has 0 bridgehead atoms. The second kappa shape index (κ2) is 14.1. The maximum absolute atomic E-state index is 12.1. The van der Waals surface area contributed by atoms with E-state index in [1.165, 1.54) is 11.9 Å². The van der Waals surface area contributed by atoms with Gasteiger partial charge in [-0.15, -0.1) is 0 Å². The van der Waals surface area contributed by atoms with E-state index in [0.717, 1.165) is 35.2 Å². The normalized spacial score (nSPS) is 10.8. The Morgan fingerprint density at radius 2 is 1.90 bits per heavy atom. The number of hydrogen-bond acceptors (Lipinski definition) is 8. The molecule has 0 aliphatic heterocycles. The summed E-state index contributed by atoms with van der Waals surface area (Å²) in [6, 6.07) is 9.99. The number of nitrogens with one attached hydrogen (secondary N) is 3. The highest BCUT2D eigenvalue weighted by molar-refractivity contribution is 5.83. The van der Waals surface area contributed by atoms with Crippen molar-refractivity contribution in [2.24, 2.45) is 0 Å². The van der Waals surface area contributed by atoms with E-state index < -0.39 is 11.7 Å². The van der Waals surface area contributed by atoms with Gasteiger partial charge in [-0.2, -0.15) is 4.98 Å². The van der Waals surface area contributed by atoms with Crippen LogP contribution in [0.1, 0.15) is 58.2 Å². The molecule has 0 aliphatic rings. The largest absolute Gasteiger partial charge is 0.444 e. The topological polar surface area (TPSA) is 121 Å². The third kappa shape index (κ3) is 9.73. The summed E-state index contributed by atoms with van der Waals surface area (Å²) in [5, 5.41) is 10.4. The van der Waals surface area contributed by atoms with Crippen LogP contribution in [0.5, 0.6) is 0 Å². The maximum Gasteiger partial charge on any atom is 0.410 e. The Morgan fingerprint density at radius 1 is 1.10 bits per heavy atom. The first kappa shape index (κ1) is 30.2. The van der Waals surface area contributed by atoms with E-state index in [1.807, 2.05) is 37.3 Å². The summed E-state index contributed by atoms with van der Waals surface area (Å²) in [5.74, 6) is 7.18. The molecule has 2 aromatic heterocycles. The van der Waals surface area contributed by atoms with Crippen LogP contribution < -0.4 is 16.0 Å². The van der Waals surface area contributed by atoms with Crippen LogP contribution in [0.15, 0.2) is 36.5 Å². The first-order valence-electron chi connectivity index (χ1n) is 13.5. The van der Waals surface area contributed by atoms with Gasteiger partial charge in [-0.1, -0.05) is 24.8 Å². The van der Waals surface area contributed by atoms with Crippen LogP contribution in [0.25, 0.3) is 10.9 Å². The van der Waals surface area contributed by atoms with Gasteiger partial charge in [-0.25, -0.2) is 9.78 Å². The van der Waals surface area contributed by atoms with E-state index in [9.17, 15) is 9.59 Å². The lowest BCUT2D eigenvalue weighted by atomic mass is 10.2. The van der Waals surface area contributed by atoms with E-state index >= 15 is 0 Å². The first-order chi connectivity index (χ1) is 19.0. The number of carbonyl (C=O) groups excluding carboxylic acids is 2. The number of likely N-dealkylation sites (N-methyl/N-ethyl adjacent to an activating group) is 1. The number of unbranched alkanes of at least 4 members (excludes halogenated alkanes) is 1. The lowest BCUT2D eigenvalue weighted by molar-refractivity contribution is -0.122. The van der Waals surface area contributed by atoms with Crippen molar-refractivity contribution in [2.45, 2.75) is 59.5 Å². The maximum atomic E-state index is 12.1. The molecule has 0 fully saturated rings. The minimum Gasteiger partial charge on any atom is -0.444 e. The third-order valence-electron chi connectivity index (χ3n) is 5.53. The second-order valence-corrected chi connectivity index (χ2v) is 10.5. The molecular weight excluding hydrogens is 506 g/mol. The molecule has 0 radical (unpaired) electrons. The van der Waals surface area contributed by atoms with E-state index in [0.29, 0.717) is 36.7 Å². The second-order valence-electron chi connectivity index (χ2n) is 10.5. The predicted octanol–water partition coefficient (Wildman–Crippen LogP) is 5.01. The molecule has 3 aromatic rings. The molecular formula is C30H39N7O3. The SMILES string of the molecule is CCCNc1nc(Nc2ccc3nc(C)ccc3c2)ncc1C#CCCCNC(=O)CN(C)C(=O)OC(C)(C)C. The monoisotopic (exact) mass is 545 g/mol. The van der Waals surface area contributed by atoms with Crippen LogP contribution in [0.3, 0.4) is 0 Å². The molecule has 3 N–H and O–H groups in total. The molecule has 2 amide bonds. The Balaban J connectivity index is 1.53. The number of amides is 2. The molecule has 10 nitrogen and oxygen atoms in total. The van der Waals surface area contributed by atoms with Gasteiger partial charge in [0.05, 0.1) is 17.3 Å². The van der Waals surface area contributed by atoms with Crippen molar-refractivity contribution in [3.63, 3.8) is 0 Å². The zero-order chi connectivity index (χ0) is 29.1. The standard InChI is InChI=1S/C30H39N7O3/c1-7-16-32-27-23(11-9-8-10-17-31-26(38)20-37(6)29(39)40-30(3,4)5)19-33-28(36-27)35-24-14-15-25-22(18-24)13-12-21(2)34-25/h12-15,18-19H,7-8,10,16-17,20H2,1-6H3,(H,31,38)(H2,32,33,35,36). The number of hydrogen-bond donors (Lipinski definition) is 3. The van der Waals surface area contributed by atoms with Crippen molar-refractivity contribution in [3.8, 4) is 11.8 Å². The quantitative estimate of drug-likeness (QED) is 0.240. The van der Waals surface area contributed by atoms with Crippen LogP contribution in [-0.4, -0.2) is 64.1 Å². The van der Waals surface area contributed by atoms with Crippen LogP contribution >= 0.6 is 0 Å². The van der Waals surface area contributed by atoms with Crippen LogP contribution in [-0.2, 0) is 9.53 Å². The number of nitrogens with zero attached hydrogens (tertiary/aromatic N) is 4. The molecule has 0 atom stereocenters. The number of fused-ring (bicyclic) bond motifs is 1. The number of benzene rings is 1. The van der Waals surface area contributed by atoms with Crippen molar-refractivity contribution in [1.82, 2.24) is 25.2 Å². The number of rotatable bonds is 10. The number of ether oxygens (including phenoxy) is 1. The predicted molar refractivity (Wildman–Crippen MR) is 159 cm³/mol. The van der Waals surface area contributed by atoms with Gasteiger partial charge in [-0.05, 0) is 64.8 Å². The molecule has 10 heteroatoms. The number of pyridine rings is 1. The molecule has 1 aromatic carbocycles. The number of aromatic nitrogens is 3. The number of carbonyl (C=O) groups is 2. The number of aryl methyl sites for hydroxylation is 1. The zero-order valence-electron chi connectivity index (χ0n) is 24.2. The highest BCUT2D eigenvalue weighted by Gasteiger charge is 2.20. The molecule has 212 valence electrons. The lowest BCUT2D eigenvalue weighted by Crippen LogP contribution is -2.41. The van der Waals surface area contributed by atoms with Crippen molar-refractivity contribution in [2.75, 3.05) is 37.3 Å². The van der Waals surface area contributed by atoms with Crippen molar-refractivity contribution < 1.29 is 14.3 Å². The van der Waals surface area contributed by atoms with Crippen molar-refractivity contribution in [1.29, 1.82) is 0 Å². The van der Waals surface area contributed by atoms with Crippen LogP contribution in [0.4, 0.5) is 22.2 Å². The minimum absolute atomic E-state index is 0.0689. The molecule has 2 heterocycles. The van der Waals surface area contributed by atoms with Crippen LogP contribution in [0, 0.1) is 18.8 Å². The smallest absolute Gasteiger partial charge is 0.410 e. The Kier molecular flexibility index (Phi) is 10.6. The summed E-state index contributed by atoms with van der Waals surface area (Å²) < 4.78 is 5.26. The van der Waals surface area contributed by atoms with Gasteiger partial charge in [0.1, 0.15) is 18.0 Å². The van der Waals surface area contributed by atoms with E-state index in [-0.39, 0.29) is 12.5 Å². The van der Waals surface area contributed by atoms with Gasteiger partial charge in [0, 0.05) is 43.3 Å². The lowest BCUT2D eigenvalue weighted by Gasteiger charge is -2.24. The summed E-state index contributed by atoms with van der Waals surface area (Å²) in [5.41, 5.74) is 2.89. The zero-order valence-corrected chi connectivity index (χ0v) is 24.2. The minimum atomic E-state index is -0.608. The first-order valence-corrected chi connectivity index (χ1v) is 13.5. The fraction of sp³-hybridized carbons (Fsp3) is 0.433. The van der Waals surface area contributed by atoms with Crippen molar-refractivity contribution >= 4 is 40.4 Å². The van der Waals surface area contributed by atoms with Gasteiger partial charge in [0.2, 0.25) is 11.9 Å². The summed E-state index contributed by atoms with van der Waals surface area (Å²) in [7, 11) is 1.53. The summed E-state index contributed by atoms with van der Waals surface area (Å²) in [6.07, 6.45) is 3.37. The summed E-state index contributed by atoms with van der Waals surface area (Å²) >= 11 is 0. The average molecular weight is 546 g/mol. The Hall–Kier alpha value is -4.39. The van der Waals surface area contributed by atoms with Gasteiger partial charge in [-0.3, -0.25) is 9.78 Å². The highest BCUT2D eigenvalue weighted by atomic mass is 16.6. The van der Waals surface area contributed by atoms with Crippen LogP contribution in [0.2, 0.25) is 0 Å². The Bertz CT molecular complexity index is 1390. The third-order valence-corrected chi connectivity index (χ3v) is 5.53. The molecule has 3 rings (SSSR count). The average Bonchev–Trinajstić information content (AvgIpc) is 2.89. The molecule has 0 aliphatic carbocycles. The fourth-order valence-electron chi connectivity index (χ4n) is 3.58. The molecule has 0 saturated heterocycles. The van der Waals surface area contributed by atoms with Gasteiger partial charge >= 0.3 is 6.09 Å². The van der Waals surface area contributed by atoms with E-state index in [1.54, 1.807) is 27.0 Å². The fourth-order valence-corrected chi connectivity index (χ4v) is 3.58. The van der Waals surface area contributed by atoms with Gasteiger partial charge in [0.15, 0.2) is 0 Å². The summed E-state index contributed by atoms with van der Waals surface area (Å²) in [4.78, 5) is 39.0. The highest BCUT2D eigenvalue weighted by Crippen LogP contribution is 2.22. The number of anilines is 3. The van der Waals surface area contributed by atoms with Gasteiger partial charge < -0.3 is 25.6 Å². The van der Waals surface area contributed by atoms with Gasteiger partial charge in [0.25, 0.3) is 0 Å². The molecule has 0 unspecified atom stereocenters. The molecule has 0 saturated carbocycles. The Morgan fingerprint density at radius 3 is 2.65 bits per heavy atom.